The number of halogens is 3. The summed E-state index contributed by atoms with van der Waals surface area (Å²) in [5.41, 5.74) is 8.79. The van der Waals surface area contributed by atoms with E-state index in [0.717, 1.165) is 11.1 Å². The molecule has 0 unspecified atom stereocenters. The number of aliphatic carboxylic acids is 1. The Morgan fingerprint density at radius 3 is 1.50 bits per heavy atom. The first-order valence-corrected chi connectivity index (χ1v) is 8.78. The van der Waals surface area contributed by atoms with Crippen molar-refractivity contribution in [1.29, 1.82) is 0 Å². The van der Waals surface area contributed by atoms with E-state index in [2.05, 4.69) is 0 Å². The molecule has 158 valence electrons. The quantitative estimate of drug-likeness (QED) is 0.546. The van der Waals surface area contributed by atoms with E-state index < -0.39 is 12.1 Å². The molecule has 0 fully saturated rings. The molecule has 0 amide bonds. The van der Waals surface area contributed by atoms with Gasteiger partial charge in [0.05, 0.1) is 0 Å². The summed E-state index contributed by atoms with van der Waals surface area (Å²) in [6.45, 7) is 1.00. The molecule has 3 N–H and O–H groups in total. The molecule has 0 aliphatic rings. The van der Waals surface area contributed by atoms with Gasteiger partial charge in [0.15, 0.2) is 0 Å². The molecule has 0 saturated carbocycles. The molecule has 5 nitrogen and oxygen atoms in total. The molecule has 0 saturated heterocycles. The standard InChI is InChI=1S/C20H19NO2.C2HF3O2/c21-18-11-19(22-14-16-7-3-1-4-8-16)13-20(12-18)23-15-17-9-5-2-6-10-17;3-2(4,5)1(6)7/h1-13H,14-15,21H2;(H,6,7). The van der Waals surface area contributed by atoms with Crippen LogP contribution in [0, 0.1) is 0 Å². The minimum Gasteiger partial charge on any atom is -0.489 e. The SMILES string of the molecule is Nc1cc(OCc2ccccc2)cc(OCc2ccccc2)c1.O=C(O)C(F)(F)F. The van der Waals surface area contributed by atoms with E-state index in [1.807, 2.05) is 66.7 Å². The van der Waals surface area contributed by atoms with Gasteiger partial charge in [0.2, 0.25) is 0 Å². The zero-order valence-corrected chi connectivity index (χ0v) is 15.8. The van der Waals surface area contributed by atoms with Crippen LogP contribution in [0.1, 0.15) is 11.1 Å². The predicted octanol–water partition coefficient (Wildman–Crippen LogP) is 5.06. The summed E-state index contributed by atoms with van der Waals surface area (Å²) in [6, 6.07) is 25.5. The van der Waals surface area contributed by atoms with E-state index in [1.165, 1.54) is 0 Å². The minimum atomic E-state index is -5.08. The van der Waals surface area contributed by atoms with Gasteiger partial charge in [-0.3, -0.25) is 0 Å². The van der Waals surface area contributed by atoms with Crippen molar-refractivity contribution in [3.8, 4) is 11.5 Å². The second kappa shape index (κ2) is 10.8. The second-order valence-corrected chi connectivity index (χ2v) is 6.09. The van der Waals surface area contributed by atoms with Gasteiger partial charge in [-0.05, 0) is 11.1 Å². The van der Waals surface area contributed by atoms with Crippen molar-refractivity contribution in [3.63, 3.8) is 0 Å². The monoisotopic (exact) mass is 419 g/mol. The van der Waals surface area contributed by atoms with Gasteiger partial charge in [-0.25, -0.2) is 4.79 Å². The van der Waals surface area contributed by atoms with Crippen molar-refractivity contribution in [2.24, 2.45) is 0 Å². The lowest BCUT2D eigenvalue weighted by Crippen LogP contribution is -2.21. The molecule has 0 aliphatic heterocycles. The Bertz CT molecular complexity index is 870. The highest BCUT2D eigenvalue weighted by Crippen LogP contribution is 2.26. The number of ether oxygens (including phenoxy) is 2. The van der Waals surface area contributed by atoms with Crippen molar-refractivity contribution >= 4 is 11.7 Å². The van der Waals surface area contributed by atoms with Crippen LogP contribution in [0.4, 0.5) is 18.9 Å². The molecule has 0 bridgehead atoms. The van der Waals surface area contributed by atoms with E-state index in [9.17, 15) is 13.2 Å². The molecular weight excluding hydrogens is 399 g/mol. The van der Waals surface area contributed by atoms with Gasteiger partial charge in [-0.2, -0.15) is 13.2 Å². The Balaban J connectivity index is 0.000000396. The number of rotatable bonds is 6. The molecular formula is C22H20F3NO4. The van der Waals surface area contributed by atoms with Crippen molar-refractivity contribution in [2.75, 3.05) is 5.73 Å². The molecule has 0 aliphatic carbocycles. The van der Waals surface area contributed by atoms with Gasteiger partial charge in [0, 0.05) is 23.9 Å². The third-order valence-electron chi connectivity index (χ3n) is 3.64. The summed E-state index contributed by atoms with van der Waals surface area (Å²) in [7, 11) is 0. The summed E-state index contributed by atoms with van der Waals surface area (Å²) in [4.78, 5) is 8.90. The molecule has 0 atom stereocenters. The molecule has 0 aromatic heterocycles. The Labute approximate surface area is 171 Å². The highest BCUT2D eigenvalue weighted by molar-refractivity contribution is 5.73. The number of hydrogen-bond donors (Lipinski definition) is 2. The molecule has 8 heteroatoms. The van der Waals surface area contributed by atoms with Gasteiger partial charge in [-0.15, -0.1) is 0 Å². The minimum absolute atomic E-state index is 0.502. The average Bonchev–Trinajstić information content (AvgIpc) is 2.72. The number of alkyl halides is 3. The lowest BCUT2D eigenvalue weighted by atomic mass is 10.2. The van der Waals surface area contributed by atoms with Crippen molar-refractivity contribution in [1.82, 2.24) is 0 Å². The van der Waals surface area contributed by atoms with E-state index in [1.54, 1.807) is 12.1 Å². The van der Waals surface area contributed by atoms with E-state index in [4.69, 9.17) is 25.1 Å². The van der Waals surface area contributed by atoms with E-state index in [0.29, 0.717) is 30.4 Å². The van der Waals surface area contributed by atoms with Crippen molar-refractivity contribution in [3.05, 3.63) is 90.0 Å². The Kier molecular flexibility index (Phi) is 8.10. The number of carboxylic acid groups (broad SMARTS) is 1. The molecule has 0 radical (unpaired) electrons. The summed E-state index contributed by atoms with van der Waals surface area (Å²) in [5.74, 6) is -1.35. The van der Waals surface area contributed by atoms with Crippen LogP contribution < -0.4 is 15.2 Å². The number of carboxylic acids is 1. The predicted molar refractivity (Wildman–Crippen MR) is 106 cm³/mol. The smallest absolute Gasteiger partial charge is 0.489 e. The summed E-state index contributed by atoms with van der Waals surface area (Å²) < 4.78 is 43.3. The first kappa shape index (κ1) is 22.6. The molecule has 3 rings (SSSR count). The second-order valence-electron chi connectivity index (χ2n) is 6.09. The molecule has 0 spiro atoms. The highest BCUT2D eigenvalue weighted by Gasteiger charge is 2.38. The zero-order valence-electron chi connectivity index (χ0n) is 15.8. The van der Waals surface area contributed by atoms with Crippen LogP contribution in [0.25, 0.3) is 0 Å². The first-order chi connectivity index (χ1) is 14.2. The van der Waals surface area contributed by atoms with Crippen molar-refractivity contribution in [2.45, 2.75) is 19.4 Å². The summed E-state index contributed by atoms with van der Waals surface area (Å²) in [6.07, 6.45) is -5.08. The van der Waals surface area contributed by atoms with Gasteiger partial charge >= 0.3 is 12.1 Å². The van der Waals surface area contributed by atoms with Crippen molar-refractivity contribution < 1.29 is 32.5 Å². The number of nitrogens with two attached hydrogens (primary N) is 1. The normalized spacial score (nSPS) is 10.5. The van der Waals surface area contributed by atoms with E-state index in [-0.39, 0.29) is 0 Å². The maximum absolute atomic E-state index is 10.6. The first-order valence-electron chi connectivity index (χ1n) is 8.78. The maximum Gasteiger partial charge on any atom is 0.490 e. The van der Waals surface area contributed by atoms with Crippen LogP contribution in [0.5, 0.6) is 11.5 Å². The molecule has 30 heavy (non-hydrogen) atoms. The zero-order chi connectivity index (χ0) is 22.0. The Hall–Kier alpha value is -3.68. The fourth-order valence-corrected chi connectivity index (χ4v) is 2.24. The number of benzene rings is 3. The summed E-state index contributed by atoms with van der Waals surface area (Å²) in [5, 5.41) is 7.12. The van der Waals surface area contributed by atoms with Crippen LogP contribution in [-0.4, -0.2) is 17.3 Å². The van der Waals surface area contributed by atoms with Gasteiger partial charge < -0.3 is 20.3 Å². The lowest BCUT2D eigenvalue weighted by molar-refractivity contribution is -0.192. The third kappa shape index (κ3) is 8.14. The largest absolute Gasteiger partial charge is 0.490 e. The summed E-state index contributed by atoms with van der Waals surface area (Å²) >= 11 is 0. The van der Waals surface area contributed by atoms with Gasteiger partial charge in [0.25, 0.3) is 0 Å². The number of nitrogen functional groups attached to an aromatic ring is 1. The van der Waals surface area contributed by atoms with E-state index >= 15 is 0 Å². The topological polar surface area (TPSA) is 81.8 Å². The average molecular weight is 419 g/mol. The third-order valence-corrected chi connectivity index (χ3v) is 3.64. The van der Waals surface area contributed by atoms with Crippen LogP contribution in [0.2, 0.25) is 0 Å². The van der Waals surface area contributed by atoms with Gasteiger partial charge in [0.1, 0.15) is 24.7 Å². The van der Waals surface area contributed by atoms with Crippen LogP contribution >= 0.6 is 0 Å². The lowest BCUT2D eigenvalue weighted by Gasteiger charge is -2.11. The number of hydrogen-bond acceptors (Lipinski definition) is 4. The van der Waals surface area contributed by atoms with Gasteiger partial charge in [-0.1, -0.05) is 60.7 Å². The van der Waals surface area contributed by atoms with Crippen LogP contribution in [0.15, 0.2) is 78.9 Å². The number of carbonyl (C=O) groups is 1. The number of anilines is 1. The van der Waals surface area contributed by atoms with Crippen LogP contribution in [-0.2, 0) is 18.0 Å². The van der Waals surface area contributed by atoms with Crippen LogP contribution in [0.3, 0.4) is 0 Å². The fourth-order valence-electron chi connectivity index (χ4n) is 2.24. The molecule has 3 aromatic carbocycles. The molecule has 3 aromatic rings. The highest BCUT2D eigenvalue weighted by atomic mass is 19.4. The molecule has 0 heterocycles. The Morgan fingerprint density at radius 1 is 0.800 bits per heavy atom. The Morgan fingerprint density at radius 2 is 1.17 bits per heavy atom. The fraction of sp³-hybridized carbons (Fsp3) is 0.136. The maximum atomic E-state index is 10.6.